The maximum absolute atomic E-state index is 12.1. The van der Waals surface area contributed by atoms with Gasteiger partial charge in [0.1, 0.15) is 0 Å². The van der Waals surface area contributed by atoms with Gasteiger partial charge in [-0.2, -0.15) is 0 Å². The van der Waals surface area contributed by atoms with Crippen LogP contribution in [-0.4, -0.2) is 38.9 Å². The molecule has 100 valence electrons. The number of aromatic nitrogens is 3. The van der Waals surface area contributed by atoms with Crippen LogP contribution in [0.25, 0.3) is 11.2 Å². The number of carbonyl (C=O) groups is 1. The Morgan fingerprint density at radius 1 is 1.37 bits per heavy atom. The average molecular weight is 260 g/mol. The Morgan fingerprint density at radius 2 is 2.26 bits per heavy atom. The Labute approximate surface area is 110 Å². The number of aromatic amines is 1. The van der Waals surface area contributed by atoms with Crippen LogP contribution >= 0.6 is 0 Å². The minimum atomic E-state index is -0.113. The molecule has 0 spiro atoms. The van der Waals surface area contributed by atoms with E-state index in [-0.39, 0.29) is 11.7 Å². The smallest absolute Gasteiger partial charge is 0.327 e. The maximum atomic E-state index is 12.1. The largest absolute Gasteiger partial charge is 0.345 e. The van der Waals surface area contributed by atoms with Crippen LogP contribution in [0.3, 0.4) is 0 Å². The second kappa shape index (κ2) is 4.87. The SMILES string of the molecule is O=CN1CCCC(n2c(=O)[nH]c3ncccc32)CC1. The highest BCUT2D eigenvalue weighted by Gasteiger charge is 2.21. The zero-order valence-electron chi connectivity index (χ0n) is 10.6. The Kier molecular flexibility index (Phi) is 3.06. The highest BCUT2D eigenvalue weighted by Crippen LogP contribution is 2.23. The van der Waals surface area contributed by atoms with Crippen LogP contribution in [0.2, 0.25) is 0 Å². The van der Waals surface area contributed by atoms with Gasteiger partial charge < -0.3 is 4.90 Å². The van der Waals surface area contributed by atoms with Crippen LogP contribution < -0.4 is 5.69 Å². The lowest BCUT2D eigenvalue weighted by molar-refractivity contribution is -0.118. The van der Waals surface area contributed by atoms with Crippen LogP contribution in [0.1, 0.15) is 25.3 Å². The van der Waals surface area contributed by atoms with E-state index in [0.29, 0.717) is 12.2 Å². The highest BCUT2D eigenvalue weighted by molar-refractivity contribution is 5.70. The lowest BCUT2D eigenvalue weighted by Crippen LogP contribution is -2.25. The Balaban J connectivity index is 1.97. The number of rotatable bonds is 2. The van der Waals surface area contributed by atoms with Gasteiger partial charge in [0, 0.05) is 25.3 Å². The van der Waals surface area contributed by atoms with Gasteiger partial charge in [-0.1, -0.05) is 0 Å². The third-order valence-electron chi connectivity index (χ3n) is 3.74. The van der Waals surface area contributed by atoms with Crippen LogP contribution in [0.15, 0.2) is 23.1 Å². The van der Waals surface area contributed by atoms with Crippen LogP contribution in [-0.2, 0) is 4.79 Å². The van der Waals surface area contributed by atoms with Crippen molar-refractivity contribution in [1.82, 2.24) is 19.4 Å². The molecule has 6 nitrogen and oxygen atoms in total. The zero-order chi connectivity index (χ0) is 13.2. The van der Waals surface area contributed by atoms with Crippen molar-refractivity contribution in [1.29, 1.82) is 0 Å². The molecule has 0 bridgehead atoms. The van der Waals surface area contributed by atoms with Crippen molar-refractivity contribution in [3.8, 4) is 0 Å². The van der Waals surface area contributed by atoms with Crippen LogP contribution in [0, 0.1) is 0 Å². The van der Waals surface area contributed by atoms with Crippen molar-refractivity contribution >= 4 is 17.6 Å². The first-order chi connectivity index (χ1) is 9.29. The standard InChI is InChI=1S/C13H16N4O2/c18-9-16-7-2-3-10(5-8-16)17-11-4-1-6-14-12(11)15-13(17)19/h1,4,6,9-10H,2-3,5,7-8H2,(H,14,15,19). The summed E-state index contributed by atoms with van der Waals surface area (Å²) in [5.41, 5.74) is 1.36. The van der Waals surface area contributed by atoms with E-state index in [0.717, 1.165) is 37.7 Å². The third kappa shape index (κ3) is 2.14. The molecule has 6 heteroatoms. The van der Waals surface area contributed by atoms with Gasteiger partial charge in [-0.15, -0.1) is 0 Å². The number of pyridine rings is 1. The summed E-state index contributed by atoms with van der Waals surface area (Å²) in [6, 6.07) is 3.87. The normalized spacial score (nSPS) is 20.4. The van der Waals surface area contributed by atoms with Crippen molar-refractivity contribution in [2.45, 2.75) is 25.3 Å². The fourth-order valence-electron chi connectivity index (χ4n) is 2.79. The first kappa shape index (κ1) is 12.0. The van der Waals surface area contributed by atoms with E-state index in [1.807, 2.05) is 12.1 Å². The maximum Gasteiger partial charge on any atom is 0.327 e. The fourth-order valence-corrected chi connectivity index (χ4v) is 2.79. The van der Waals surface area contributed by atoms with Gasteiger partial charge in [0.25, 0.3) is 0 Å². The molecule has 1 aliphatic rings. The number of likely N-dealkylation sites (tertiary alicyclic amines) is 1. The van der Waals surface area contributed by atoms with Crippen molar-refractivity contribution in [3.05, 3.63) is 28.8 Å². The number of H-pyrrole nitrogens is 1. The molecule has 0 aliphatic carbocycles. The number of carbonyl (C=O) groups excluding carboxylic acids is 1. The molecule has 2 aromatic heterocycles. The molecular weight excluding hydrogens is 244 g/mol. The van der Waals surface area contributed by atoms with Gasteiger partial charge in [-0.3, -0.25) is 14.3 Å². The number of amides is 1. The van der Waals surface area contributed by atoms with E-state index in [2.05, 4.69) is 9.97 Å². The summed E-state index contributed by atoms with van der Waals surface area (Å²) in [6.45, 7) is 1.48. The number of fused-ring (bicyclic) bond motifs is 1. The number of hydrogen-bond acceptors (Lipinski definition) is 3. The van der Waals surface area contributed by atoms with E-state index >= 15 is 0 Å². The molecule has 0 aromatic carbocycles. The molecule has 1 amide bonds. The minimum Gasteiger partial charge on any atom is -0.345 e. The van der Waals surface area contributed by atoms with Gasteiger partial charge in [0.05, 0.1) is 5.52 Å². The molecule has 1 fully saturated rings. The first-order valence-corrected chi connectivity index (χ1v) is 6.54. The van der Waals surface area contributed by atoms with E-state index in [4.69, 9.17) is 0 Å². The Hall–Kier alpha value is -2.11. The summed E-state index contributed by atoms with van der Waals surface area (Å²) < 4.78 is 1.79. The van der Waals surface area contributed by atoms with Crippen LogP contribution in [0.4, 0.5) is 0 Å². The summed E-state index contributed by atoms with van der Waals surface area (Å²) in [7, 11) is 0. The average Bonchev–Trinajstić information content (AvgIpc) is 2.61. The molecule has 3 rings (SSSR count). The molecule has 2 aromatic rings. The van der Waals surface area contributed by atoms with Gasteiger partial charge in [0.15, 0.2) is 5.65 Å². The fraction of sp³-hybridized carbons (Fsp3) is 0.462. The lowest BCUT2D eigenvalue weighted by Gasteiger charge is -2.16. The molecule has 0 radical (unpaired) electrons. The van der Waals surface area contributed by atoms with Gasteiger partial charge in [-0.05, 0) is 31.4 Å². The van der Waals surface area contributed by atoms with Crippen LogP contribution in [0.5, 0.6) is 0 Å². The molecule has 19 heavy (non-hydrogen) atoms. The molecular formula is C13H16N4O2. The van der Waals surface area contributed by atoms with Crippen molar-refractivity contribution in [2.75, 3.05) is 13.1 Å². The van der Waals surface area contributed by atoms with Crippen molar-refractivity contribution in [3.63, 3.8) is 0 Å². The van der Waals surface area contributed by atoms with Gasteiger partial charge >= 0.3 is 5.69 Å². The van der Waals surface area contributed by atoms with E-state index in [1.54, 1.807) is 15.7 Å². The van der Waals surface area contributed by atoms with Crippen molar-refractivity contribution in [2.24, 2.45) is 0 Å². The summed E-state index contributed by atoms with van der Waals surface area (Å²) in [5.74, 6) is 0. The quantitative estimate of drug-likeness (QED) is 0.816. The number of hydrogen-bond donors (Lipinski definition) is 1. The number of imidazole rings is 1. The molecule has 1 N–H and O–H groups in total. The zero-order valence-corrected chi connectivity index (χ0v) is 10.6. The molecule has 1 unspecified atom stereocenters. The lowest BCUT2D eigenvalue weighted by atomic mass is 10.1. The Bertz CT molecular complexity index is 645. The van der Waals surface area contributed by atoms with E-state index in [1.165, 1.54) is 0 Å². The van der Waals surface area contributed by atoms with E-state index in [9.17, 15) is 9.59 Å². The molecule has 0 saturated carbocycles. The predicted molar refractivity (Wildman–Crippen MR) is 70.9 cm³/mol. The van der Waals surface area contributed by atoms with Gasteiger partial charge in [-0.25, -0.2) is 9.78 Å². The topological polar surface area (TPSA) is 71.0 Å². The van der Waals surface area contributed by atoms with E-state index < -0.39 is 0 Å². The predicted octanol–water partition coefficient (Wildman–Crippen LogP) is 0.908. The summed E-state index contributed by atoms with van der Waals surface area (Å²) in [6.07, 6.45) is 5.20. The summed E-state index contributed by atoms with van der Waals surface area (Å²) in [4.78, 5) is 31.6. The molecule has 1 atom stereocenters. The first-order valence-electron chi connectivity index (χ1n) is 6.54. The highest BCUT2D eigenvalue weighted by atomic mass is 16.1. The third-order valence-corrected chi connectivity index (χ3v) is 3.74. The Morgan fingerprint density at radius 3 is 3.11 bits per heavy atom. The monoisotopic (exact) mass is 260 g/mol. The van der Waals surface area contributed by atoms with Gasteiger partial charge in [0.2, 0.25) is 6.41 Å². The minimum absolute atomic E-state index is 0.113. The summed E-state index contributed by atoms with van der Waals surface area (Å²) in [5, 5.41) is 0. The van der Waals surface area contributed by atoms with Crippen molar-refractivity contribution < 1.29 is 4.79 Å². The number of nitrogens with zero attached hydrogens (tertiary/aromatic N) is 3. The molecule has 1 saturated heterocycles. The second-order valence-corrected chi connectivity index (χ2v) is 4.90. The molecule has 1 aliphatic heterocycles. The number of nitrogens with one attached hydrogen (secondary N) is 1. The second-order valence-electron chi connectivity index (χ2n) is 4.90. The molecule has 3 heterocycles. The summed E-state index contributed by atoms with van der Waals surface area (Å²) >= 11 is 0.